The first-order chi connectivity index (χ1) is 7.64. The summed E-state index contributed by atoms with van der Waals surface area (Å²) >= 11 is 0. The van der Waals surface area contributed by atoms with Gasteiger partial charge in [0.2, 0.25) is 0 Å². The van der Waals surface area contributed by atoms with Crippen molar-refractivity contribution in [3.8, 4) is 6.07 Å². The fourth-order valence-corrected chi connectivity index (χ4v) is 1.77. The molecule has 0 bridgehead atoms. The van der Waals surface area contributed by atoms with E-state index in [-0.39, 0.29) is 0 Å². The van der Waals surface area contributed by atoms with Crippen LogP contribution in [0.2, 0.25) is 0 Å². The molecule has 2 rings (SSSR count). The van der Waals surface area contributed by atoms with E-state index in [1.165, 1.54) is 0 Å². The third-order valence-corrected chi connectivity index (χ3v) is 2.76. The predicted octanol–water partition coefficient (Wildman–Crippen LogP) is 2.07. The predicted molar refractivity (Wildman–Crippen MR) is 59.4 cm³/mol. The van der Waals surface area contributed by atoms with Crippen molar-refractivity contribution in [2.75, 3.05) is 6.61 Å². The van der Waals surface area contributed by atoms with E-state index in [9.17, 15) is 5.11 Å². The highest BCUT2D eigenvalue weighted by Crippen LogP contribution is 2.32. The van der Waals surface area contributed by atoms with Gasteiger partial charge < -0.3 is 9.84 Å². The van der Waals surface area contributed by atoms with Gasteiger partial charge in [0.25, 0.3) is 0 Å². The van der Waals surface area contributed by atoms with E-state index < -0.39 is 5.60 Å². The first kappa shape index (κ1) is 10.7. The second kappa shape index (κ2) is 3.99. The Morgan fingerprint density at radius 2 is 2.06 bits per heavy atom. The van der Waals surface area contributed by atoms with Gasteiger partial charge >= 0.3 is 0 Å². The lowest BCUT2D eigenvalue weighted by atomic mass is 9.93. The standard InChI is InChI=1S/C13H13NO2/c1-13(15,12-3-2-8-16-12)11-6-4-10(9-14)5-7-11/h3-7,15H,2,8H2,1H3. The van der Waals surface area contributed by atoms with Crippen LogP contribution in [0.15, 0.2) is 36.1 Å². The van der Waals surface area contributed by atoms with Crippen molar-refractivity contribution < 1.29 is 9.84 Å². The molecule has 0 spiro atoms. The number of nitriles is 1. The van der Waals surface area contributed by atoms with Gasteiger partial charge in [0.05, 0.1) is 18.2 Å². The van der Waals surface area contributed by atoms with E-state index in [0.29, 0.717) is 17.9 Å². The fraction of sp³-hybridized carbons (Fsp3) is 0.308. The summed E-state index contributed by atoms with van der Waals surface area (Å²) in [5, 5.41) is 19.1. The highest BCUT2D eigenvalue weighted by molar-refractivity contribution is 5.37. The van der Waals surface area contributed by atoms with Gasteiger partial charge in [-0.2, -0.15) is 5.26 Å². The van der Waals surface area contributed by atoms with Crippen LogP contribution in [0.25, 0.3) is 0 Å². The lowest BCUT2D eigenvalue weighted by Crippen LogP contribution is -2.24. The third kappa shape index (κ3) is 1.80. The van der Waals surface area contributed by atoms with Crippen molar-refractivity contribution >= 4 is 0 Å². The van der Waals surface area contributed by atoms with Gasteiger partial charge in [0, 0.05) is 6.42 Å². The second-order valence-corrected chi connectivity index (χ2v) is 3.97. The zero-order valence-corrected chi connectivity index (χ0v) is 9.10. The van der Waals surface area contributed by atoms with Crippen LogP contribution in [0.1, 0.15) is 24.5 Å². The Kier molecular flexibility index (Phi) is 2.67. The highest BCUT2D eigenvalue weighted by Gasteiger charge is 2.31. The SMILES string of the molecule is CC(O)(C1=CCCO1)c1ccc(C#N)cc1. The van der Waals surface area contributed by atoms with Gasteiger partial charge in [-0.3, -0.25) is 0 Å². The quantitative estimate of drug-likeness (QED) is 0.821. The van der Waals surface area contributed by atoms with Crippen molar-refractivity contribution in [3.05, 3.63) is 47.2 Å². The zero-order chi connectivity index (χ0) is 11.6. The molecule has 0 radical (unpaired) electrons. The smallest absolute Gasteiger partial charge is 0.143 e. The van der Waals surface area contributed by atoms with Gasteiger partial charge in [-0.05, 0) is 30.7 Å². The Labute approximate surface area is 94.6 Å². The second-order valence-electron chi connectivity index (χ2n) is 3.97. The molecule has 1 aromatic carbocycles. The van der Waals surface area contributed by atoms with E-state index in [2.05, 4.69) is 0 Å². The van der Waals surface area contributed by atoms with Crippen LogP contribution in [-0.4, -0.2) is 11.7 Å². The maximum atomic E-state index is 10.4. The maximum Gasteiger partial charge on any atom is 0.143 e. The molecule has 1 heterocycles. The van der Waals surface area contributed by atoms with Crippen molar-refractivity contribution in [3.63, 3.8) is 0 Å². The Morgan fingerprint density at radius 1 is 1.38 bits per heavy atom. The Balaban J connectivity index is 2.32. The normalized spacial score (nSPS) is 18.2. The first-order valence-electron chi connectivity index (χ1n) is 5.21. The number of rotatable bonds is 2. The van der Waals surface area contributed by atoms with E-state index in [4.69, 9.17) is 10.00 Å². The molecule has 82 valence electrons. The van der Waals surface area contributed by atoms with Crippen LogP contribution in [0, 0.1) is 11.3 Å². The molecular formula is C13H13NO2. The van der Waals surface area contributed by atoms with Crippen LogP contribution in [0.4, 0.5) is 0 Å². The minimum Gasteiger partial charge on any atom is -0.495 e. The van der Waals surface area contributed by atoms with E-state index in [1.54, 1.807) is 31.2 Å². The zero-order valence-electron chi connectivity index (χ0n) is 9.10. The summed E-state index contributed by atoms with van der Waals surface area (Å²) in [7, 11) is 0. The average Bonchev–Trinajstić information content (AvgIpc) is 2.83. The topological polar surface area (TPSA) is 53.2 Å². The van der Waals surface area contributed by atoms with Gasteiger partial charge in [-0.25, -0.2) is 0 Å². The van der Waals surface area contributed by atoms with Gasteiger partial charge in [-0.15, -0.1) is 0 Å². The van der Waals surface area contributed by atoms with Crippen LogP contribution < -0.4 is 0 Å². The number of aliphatic hydroxyl groups is 1. The molecule has 1 aromatic rings. The molecule has 1 atom stereocenters. The number of benzene rings is 1. The molecule has 1 aliphatic heterocycles. The minimum atomic E-state index is -1.11. The molecule has 16 heavy (non-hydrogen) atoms. The Hall–Kier alpha value is -1.79. The molecule has 0 fully saturated rings. The molecule has 1 aliphatic rings. The van der Waals surface area contributed by atoms with Crippen LogP contribution in [0.3, 0.4) is 0 Å². The summed E-state index contributed by atoms with van der Waals surface area (Å²) in [6.07, 6.45) is 2.74. The molecule has 0 amide bonds. The molecule has 0 aliphatic carbocycles. The molecule has 0 aromatic heterocycles. The van der Waals surface area contributed by atoms with Crippen molar-refractivity contribution in [2.45, 2.75) is 18.9 Å². The van der Waals surface area contributed by atoms with Crippen molar-refractivity contribution in [1.29, 1.82) is 5.26 Å². The molecule has 0 saturated heterocycles. The summed E-state index contributed by atoms with van der Waals surface area (Å²) in [5.41, 5.74) is 0.213. The van der Waals surface area contributed by atoms with Gasteiger partial charge in [0.1, 0.15) is 11.4 Å². The van der Waals surface area contributed by atoms with E-state index >= 15 is 0 Å². The largest absolute Gasteiger partial charge is 0.495 e. The summed E-state index contributed by atoms with van der Waals surface area (Å²) in [4.78, 5) is 0. The fourth-order valence-electron chi connectivity index (χ4n) is 1.77. The molecule has 3 heteroatoms. The molecule has 1 N–H and O–H groups in total. The summed E-state index contributed by atoms with van der Waals surface area (Å²) in [5.74, 6) is 0.595. The van der Waals surface area contributed by atoms with E-state index in [1.807, 2.05) is 12.1 Å². The molecule has 0 saturated carbocycles. The average molecular weight is 215 g/mol. The number of hydrogen-bond acceptors (Lipinski definition) is 3. The van der Waals surface area contributed by atoms with Crippen LogP contribution in [0.5, 0.6) is 0 Å². The van der Waals surface area contributed by atoms with Crippen LogP contribution >= 0.6 is 0 Å². The van der Waals surface area contributed by atoms with E-state index in [0.717, 1.165) is 12.0 Å². The number of nitrogens with zero attached hydrogens (tertiary/aromatic N) is 1. The summed E-state index contributed by atoms with van der Waals surface area (Å²) < 4.78 is 5.37. The molecular weight excluding hydrogens is 202 g/mol. The Morgan fingerprint density at radius 3 is 2.56 bits per heavy atom. The van der Waals surface area contributed by atoms with Crippen molar-refractivity contribution in [2.24, 2.45) is 0 Å². The summed E-state index contributed by atoms with van der Waals surface area (Å²) in [6, 6.07) is 8.94. The third-order valence-electron chi connectivity index (χ3n) is 2.76. The summed E-state index contributed by atoms with van der Waals surface area (Å²) in [6.45, 7) is 2.33. The molecule has 3 nitrogen and oxygen atoms in total. The lowest BCUT2D eigenvalue weighted by Gasteiger charge is -2.24. The Bertz CT molecular complexity index is 452. The molecule has 1 unspecified atom stereocenters. The van der Waals surface area contributed by atoms with Gasteiger partial charge in [0.15, 0.2) is 0 Å². The monoisotopic (exact) mass is 215 g/mol. The first-order valence-corrected chi connectivity index (χ1v) is 5.21. The minimum absolute atomic E-state index is 0.584. The van der Waals surface area contributed by atoms with Gasteiger partial charge in [-0.1, -0.05) is 12.1 Å². The number of hydrogen-bond donors (Lipinski definition) is 1. The maximum absolute atomic E-state index is 10.4. The lowest BCUT2D eigenvalue weighted by molar-refractivity contribution is 0.0317. The highest BCUT2D eigenvalue weighted by atomic mass is 16.5. The van der Waals surface area contributed by atoms with Crippen molar-refractivity contribution in [1.82, 2.24) is 0 Å². The van der Waals surface area contributed by atoms with Crippen LogP contribution in [-0.2, 0) is 10.3 Å². The number of ether oxygens (including phenoxy) is 1.